The van der Waals surface area contributed by atoms with E-state index in [1.54, 1.807) is 11.8 Å². The summed E-state index contributed by atoms with van der Waals surface area (Å²) in [4.78, 5) is 10.2. The maximum Gasteiger partial charge on any atom is 0.154 e. The van der Waals surface area contributed by atoms with Crippen molar-refractivity contribution in [2.75, 3.05) is 5.75 Å². The molecule has 0 bridgehead atoms. The van der Waals surface area contributed by atoms with Crippen LogP contribution < -0.4 is 5.73 Å². The molecule has 2 N–H and O–H groups in total. The third-order valence-corrected chi connectivity index (χ3v) is 5.17. The molecule has 25 heavy (non-hydrogen) atoms. The fourth-order valence-electron chi connectivity index (χ4n) is 2.80. The Morgan fingerprint density at radius 2 is 2.04 bits per heavy atom. The molecule has 0 fully saturated rings. The SMILES string of the molecule is C/C(=N\OCc1ccccc1)c1cccc(C2(C)CCSC(N)=N2)c1. The molecule has 0 saturated heterocycles. The lowest BCUT2D eigenvalue weighted by Gasteiger charge is -2.30. The highest BCUT2D eigenvalue weighted by molar-refractivity contribution is 8.13. The summed E-state index contributed by atoms with van der Waals surface area (Å²) in [5.41, 5.74) is 9.82. The number of amidine groups is 1. The van der Waals surface area contributed by atoms with Gasteiger partial charge in [-0.3, -0.25) is 4.99 Å². The van der Waals surface area contributed by atoms with E-state index in [1.165, 1.54) is 0 Å². The van der Waals surface area contributed by atoms with Crippen LogP contribution in [0.4, 0.5) is 0 Å². The third-order valence-electron chi connectivity index (χ3n) is 4.37. The molecule has 0 radical (unpaired) electrons. The number of thioether (sulfide) groups is 1. The molecule has 0 saturated carbocycles. The van der Waals surface area contributed by atoms with Crippen molar-refractivity contribution in [3.8, 4) is 0 Å². The number of aliphatic imine (C=N–C) groups is 1. The van der Waals surface area contributed by atoms with Gasteiger partial charge >= 0.3 is 0 Å². The Labute approximate surface area is 153 Å². The maximum absolute atomic E-state index is 5.94. The first kappa shape index (κ1) is 17.5. The lowest BCUT2D eigenvalue weighted by atomic mass is 9.88. The number of oxime groups is 1. The van der Waals surface area contributed by atoms with Gasteiger partial charge in [-0.25, -0.2) is 0 Å². The first-order chi connectivity index (χ1) is 12.1. The molecule has 1 heterocycles. The predicted octanol–water partition coefficient (Wildman–Crippen LogP) is 4.29. The van der Waals surface area contributed by atoms with Crippen LogP contribution in [0.3, 0.4) is 0 Å². The van der Waals surface area contributed by atoms with Gasteiger partial charge in [0.05, 0.1) is 11.3 Å². The van der Waals surface area contributed by atoms with E-state index >= 15 is 0 Å². The molecule has 1 aliphatic heterocycles. The van der Waals surface area contributed by atoms with E-state index in [2.05, 4.69) is 29.2 Å². The summed E-state index contributed by atoms with van der Waals surface area (Å²) in [6, 6.07) is 18.4. The molecule has 4 nitrogen and oxygen atoms in total. The number of nitrogens with two attached hydrogens (primary N) is 1. The molecule has 5 heteroatoms. The average molecular weight is 353 g/mol. The Morgan fingerprint density at radius 1 is 1.24 bits per heavy atom. The highest BCUT2D eigenvalue weighted by Crippen LogP contribution is 2.35. The van der Waals surface area contributed by atoms with Crippen LogP contribution in [0.5, 0.6) is 0 Å². The summed E-state index contributed by atoms with van der Waals surface area (Å²) in [7, 11) is 0. The fraction of sp³-hybridized carbons (Fsp3) is 0.300. The van der Waals surface area contributed by atoms with Gasteiger partial charge in [0.15, 0.2) is 5.17 Å². The smallest absolute Gasteiger partial charge is 0.154 e. The van der Waals surface area contributed by atoms with Crippen LogP contribution in [0.15, 0.2) is 64.7 Å². The van der Waals surface area contributed by atoms with Gasteiger partial charge in [-0.05, 0) is 43.0 Å². The zero-order chi connectivity index (χ0) is 17.7. The largest absolute Gasteiger partial charge is 0.391 e. The van der Waals surface area contributed by atoms with Crippen molar-refractivity contribution < 1.29 is 4.84 Å². The average Bonchev–Trinajstić information content (AvgIpc) is 2.62. The third kappa shape index (κ3) is 4.42. The highest BCUT2D eigenvalue weighted by Gasteiger charge is 2.29. The molecule has 1 aliphatic rings. The van der Waals surface area contributed by atoms with Crippen molar-refractivity contribution in [2.45, 2.75) is 32.4 Å². The zero-order valence-electron chi connectivity index (χ0n) is 14.6. The normalized spacial score (nSPS) is 20.9. The van der Waals surface area contributed by atoms with Crippen molar-refractivity contribution in [1.29, 1.82) is 0 Å². The molecule has 1 unspecified atom stereocenters. The molecule has 0 aromatic heterocycles. The molecule has 2 aromatic carbocycles. The monoisotopic (exact) mass is 353 g/mol. The van der Waals surface area contributed by atoms with Gasteiger partial charge in [-0.1, -0.05) is 65.4 Å². The number of hydrogen-bond donors (Lipinski definition) is 1. The predicted molar refractivity (Wildman–Crippen MR) is 106 cm³/mol. The topological polar surface area (TPSA) is 60.0 Å². The minimum Gasteiger partial charge on any atom is -0.391 e. The molecular weight excluding hydrogens is 330 g/mol. The van der Waals surface area contributed by atoms with E-state index < -0.39 is 0 Å². The number of rotatable bonds is 5. The van der Waals surface area contributed by atoms with Gasteiger partial charge in [0.25, 0.3) is 0 Å². The Hall–Kier alpha value is -2.27. The molecule has 0 aliphatic carbocycles. The van der Waals surface area contributed by atoms with E-state index in [4.69, 9.17) is 10.6 Å². The fourth-order valence-corrected chi connectivity index (χ4v) is 3.78. The lowest BCUT2D eigenvalue weighted by Crippen LogP contribution is -2.28. The summed E-state index contributed by atoms with van der Waals surface area (Å²) < 4.78 is 0. The van der Waals surface area contributed by atoms with Crippen LogP contribution in [-0.2, 0) is 17.0 Å². The Balaban J connectivity index is 1.74. The van der Waals surface area contributed by atoms with Crippen molar-refractivity contribution in [2.24, 2.45) is 15.9 Å². The van der Waals surface area contributed by atoms with Gasteiger partial charge < -0.3 is 10.6 Å². The summed E-state index contributed by atoms with van der Waals surface area (Å²) in [6.07, 6.45) is 0.975. The quantitative estimate of drug-likeness (QED) is 0.644. The zero-order valence-corrected chi connectivity index (χ0v) is 15.4. The summed E-state index contributed by atoms with van der Waals surface area (Å²) in [5, 5.41) is 4.93. The highest BCUT2D eigenvalue weighted by atomic mass is 32.2. The van der Waals surface area contributed by atoms with Gasteiger partial charge in [0.1, 0.15) is 6.61 Å². The Bertz CT molecular complexity index is 789. The van der Waals surface area contributed by atoms with E-state index in [0.29, 0.717) is 11.8 Å². The maximum atomic E-state index is 5.94. The van der Waals surface area contributed by atoms with Crippen molar-refractivity contribution in [3.63, 3.8) is 0 Å². The van der Waals surface area contributed by atoms with Crippen molar-refractivity contribution in [3.05, 3.63) is 71.3 Å². The van der Waals surface area contributed by atoms with E-state index in [9.17, 15) is 0 Å². The second kappa shape index (κ2) is 7.74. The summed E-state index contributed by atoms with van der Waals surface area (Å²) in [6.45, 7) is 4.56. The molecule has 0 spiro atoms. The van der Waals surface area contributed by atoms with Gasteiger partial charge in [0, 0.05) is 5.75 Å². The van der Waals surface area contributed by atoms with Gasteiger partial charge in [-0.2, -0.15) is 0 Å². The molecule has 0 amide bonds. The number of nitrogens with zero attached hydrogens (tertiary/aromatic N) is 2. The standard InChI is InChI=1S/C20H23N3OS/c1-15(23-24-14-16-7-4-3-5-8-16)17-9-6-10-18(13-17)20(2)11-12-25-19(21)22-20/h3-10,13H,11-12,14H2,1-2H3,(H2,21,22)/b23-15+. The summed E-state index contributed by atoms with van der Waals surface area (Å²) >= 11 is 1.62. The second-order valence-electron chi connectivity index (χ2n) is 6.34. The van der Waals surface area contributed by atoms with E-state index in [1.807, 2.05) is 49.4 Å². The molecular formula is C20H23N3OS. The van der Waals surface area contributed by atoms with E-state index in [0.717, 1.165) is 34.6 Å². The van der Waals surface area contributed by atoms with Gasteiger partial charge in [-0.15, -0.1) is 0 Å². The minimum atomic E-state index is -0.267. The molecule has 3 rings (SSSR count). The second-order valence-corrected chi connectivity index (χ2v) is 7.45. The lowest BCUT2D eigenvalue weighted by molar-refractivity contribution is 0.130. The van der Waals surface area contributed by atoms with Crippen LogP contribution in [0, 0.1) is 0 Å². The van der Waals surface area contributed by atoms with Crippen LogP contribution in [0.1, 0.15) is 37.0 Å². The van der Waals surface area contributed by atoms with Crippen LogP contribution in [0.2, 0.25) is 0 Å². The number of benzene rings is 2. The first-order valence-corrected chi connectivity index (χ1v) is 9.35. The van der Waals surface area contributed by atoms with Crippen LogP contribution in [0.25, 0.3) is 0 Å². The van der Waals surface area contributed by atoms with Crippen LogP contribution >= 0.6 is 11.8 Å². The number of hydrogen-bond acceptors (Lipinski definition) is 5. The van der Waals surface area contributed by atoms with Crippen molar-refractivity contribution >= 4 is 22.6 Å². The van der Waals surface area contributed by atoms with Gasteiger partial charge in [0.2, 0.25) is 0 Å². The molecule has 1 atom stereocenters. The van der Waals surface area contributed by atoms with E-state index in [-0.39, 0.29) is 5.54 Å². The molecule has 2 aromatic rings. The summed E-state index contributed by atoms with van der Waals surface area (Å²) in [5.74, 6) is 0.989. The Morgan fingerprint density at radius 3 is 2.80 bits per heavy atom. The molecule has 130 valence electrons. The Kier molecular flexibility index (Phi) is 5.43. The van der Waals surface area contributed by atoms with Crippen LogP contribution in [-0.4, -0.2) is 16.6 Å². The van der Waals surface area contributed by atoms with Crippen molar-refractivity contribution in [1.82, 2.24) is 0 Å². The first-order valence-electron chi connectivity index (χ1n) is 8.36. The minimum absolute atomic E-state index is 0.267.